The Labute approximate surface area is 209 Å². The number of methoxy groups -OCH3 is 1. The molecule has 2 aromatic rings. The highest BCUT2D eigenvalue weighted by Crippen LogP contribution is 2.59. The molecule has 35 heavy (non-hydrogen) atoms. The first-order valence-corrected chi connectivity index (χ1v) is 13.5. The molecule has 0 aromatic heterocycles. The summed E-state index contributed by atoms with van der Waals surface area (Å²) in [6, 6.07) is 14.7. The number of nitrogens with one attached hydrogen (secondary N) is 1. The summed E-state index contributed by atoms with van der Waals surface area (Å²) < 4.78 is 5.79. The highest BCUT2D eigenvalue weighted by molar-refractivity contribution is 5.87. The van der Waals surface area contributed by atoms with Gasteiger partial charge in [0.05, 0.1) is 7.11 Å². The van der Waals surface area contributed by atoms with Gasteiger partial charge in [-0.05, 0) is 97.4 Å². The van der Waals surface area contributed by atoms with Gasteiger partial charge in [-0.15, -0.1) is 0 Å². The first-order valence-electron chi connectivity index (χ1n) is 13.5. The van der Waals surface area contributed by atoms with Crippen molar-refractivity contribution in [3.05, 3.63) is 64.7 Å². The number of benzene rings is 2. The van der Waals surface area contributed by atoms with E-state index in [1.807, 2.05) is 30.3 Å². The summed E-state index contributed by atoms with van der Waals surface area (Å²) in [4.78, 5) is 24.9. The molecule has 0 radical (unpaired) electrons. The van der Waals surface area contributed by atoms with Crippen molar-refractivity contribution in [2.24, 2.45) is 17.3 Å². The van der Waals surface area contributed by atoms with Gasteiger partial charge in [0.1, 0.15) is 11.5 Å². The van der Waals surface area contributed by atoms with Crippen molar-refractivity contribution in [2.75, 3.05) is 7.11 Å². The molecule has 0 saturated heterocycles. The molecular weight excluding hydrogens is 434 g/mol. The molecule has 2 saturated carbocycles. The molecule has 0 spiro atoms. The quantitative estimate of drug-likeness (QED) is 0.468. The normalized spacial score (nSPS) is 27.0. The van der Waals surface area contributed by atoms with Crippen LogP contribution in [0.4, 0.5) is 0 Å². The van der Waals surface area contributed by atoms with Crippen molar-refractivity contribution in [2.45, 2.75) is 83.6 Å². The topological polar surface area (TPSA) is 55.4 Å². The van der Waals surface area contributed by atoms with E-state index >= 15 is 0 Å². The third-order valence-electron chi connectivity index (χ3n) is 9.27. The number of unbranched alkanes of at least 4 members (excludes halogenated alkanes) is 1. The van der Waals surface area contributed by atoms with Crippen molar-refractivity contribution >= 4 is 11.7 Å². The summed E-state index contributed by atoms with van der Waals surface area (Å²) in [5.74, 6) is 3.40. The highest BCUT2D eigenvalue weighted by Gasteiger charge is 2.54. The number of carbonyl (C=O) groups is 2. The van der Waals surface area contributed by atoms with Crippen molar-refractivity contribution in [3.63, 3.8) is 0 Å². The number of ether oxygens (including phenoxy) is 1. The first-order chi connectivity index (χ1) is 17.0. The van der Waals surface area contributed by atoms with Gasteiger partial charge in [-0.2, -0.15) is 0 Å². The summed E-state index contributed by atoms with van der Waals surface area (Å²) in [6.07, 6.45) is 9.65. The van der Waals surface area contributed by atoms with E-state index in [0.29, 0.717) is 36.5 Å². The predicted molar refractivity (Wildman–Crippen MR) is 138 cm³/mol. The minimum Gasteiger partial charge on any atom is -0.496 e. The molecule has 0 bridgehead atoms. The van der Waals surface area contributed by atoms with Crippen molar-refractivity contribution in [1.29, 1.82) is 0 Å². The van der Waals surface area contributed by atoms with Gasteiger partial charge in [0.25, 0.3) is 0 Å². The minimum atomic E-state index is -0.0744. The van der Waals surface area contributed by atoms with Gasteiger partial charge in [-0.1, -0.05) is 43.3 Å². The lowest BCUT2D eigenvalue weighted by Gasteiger charge is -2.48. The van der Waals surface area contributed by atoms with Gasteiger partial charge in [-0.3, -0.25) is 9.59 Å². The molecule has 3 aliphatic rings. The predicted octanol–water partition coefficient (Wildman–Crippen LogP) is 6.15. The van der Waals surface area contributed by atoms with Crippen LogP contribution < -0.4 is 10.1 Å². The third-order valence-corrected chi connectivity index (χ3v) is 9.27. The van der Waals surface area contributed by atoms with Crippen LogP contribution in [0, 0.1) is 17.3 Å². The lowest BCUT2D eigenvalue weighted by atomic mass is 9.55. The summed E-state index contributed by atoms with van der Waals surface area (Å²) in [6.45, 7) is 2.83. The van der Waals surface area contributed by atoms with E-state index in [0.717, 1.165) is 62.7 Å². The number of fused-ring (bicyclic) bond motifs is 5. The zero-order valence-electron chi connectivity index (χ0n) is 21.3. The SMILES string of the molecule is COc1cc2c(cc1CCCCC(=O)NCc1ccccc1)C1CC[C@]3(C)C(=O)CCC3C1CC2. The van der Waals surface area contributed by atoms with E-state index in [1.54, 1.807) is 7.11 Å². The monoisotopic (exact) mass is 473 g/mol. The number of ketones is 1. The van der Waals surface area contributed by atoms with Crippen LogP contribution in [0.25, 0.3) is 0 Å². The zero-order valence-corrected chi connectivity index (χ0v) is 21.3. The number of hydrogen-bond acceptors (Lipinski definition) is 3. The average molecular weight is 474 g/mol. The number of Topliss-reactive ketones (excluding diaryl/α,β-unsaturated/α-hetero) is 1. The molecule has 186 valence electrons. The molecule has 2 aromatic carbocycles. The second kappa shape index (κ2) is 10.2. The molecule has 4 heteroatoms. The maximum Gasteiger partial charge on any atom is 0.220 e. The van der Waals surface area contributed by atoms with E-state index in [-0.39, 0.29) is 11.3 Å². The fraction of sp³-hybridized carbons (Fsp3) is 0.548. The van der Waals surface area contributed by atoms with Crippen LogP contribution >= 0.6 is 0 Å². The van der Waals surface area contributed by atoms with Crippen LogP contribution in [0.2, 0.25) is 0 Å². The van der Waals surface area contributed by atoms with Gasteiger partial charge < -0.3 is 10.1 Å². The minimum absolute atomic E-state index is 0.0744. The lowest BCUT2D eigenvalue weighted by Crippen LogP contribution is -2.42. The summed E-state index contributed by atoms with van der Waals surface area (Å²) >= 11 is 0. The fourth-order valence-corrected chi connectivity index (χ4v) is 7.29. The molecule has 3 unspecified atom stereocenters. The third kappa shape index (κ3) is 4.77. The number of amides is 1. The molecular formula is C31H39NO3. The van der Waals surface area contributed by atoms with Crippen molar-refractivity contribution in [3.8, 4) is 5.75 Å². The van der Waals surface area contributed by atoms with Crippen molar-refractivity contribution in [1.82, 2.24) is 5.32 Å². The van der Waals surface area contributed by atoms with Gasteiger partial charge in [0.2, 0.25) is 5.91 Å². The smallest absolute Gasteiger partial charge is 0.220 e. The van der Waals surface area contributed by atoms with Gasteiger partial charge in [0.15, 0.2) is 0 Å². The van der Waals surface area contributed by atoms with Crippen LogP contribution in [-0.4, -0.2) is 18.8 Å². The molecule has 4 nitrogen and oxygen atoms in total. The summed E-state index contributed by atoms with van der Waals surface area (Å²) in [5, 5.41) is 3.03. The Kier molecular flexibility index (Phi) is 7.00. The maximum absolute atomic E-state index is 12.7. The molecule has 4 atom stereocenters. The van der Waals surface area contributed by atoms with Crippen LogP contribution in [0.1, 0.15) is 86.5 Å². The highest BCUT2D eigenvalue weighted by atomic mass is 16.5. The maximum atomic E-state index is 12.7. The van der Waals surface area contributed by atoms with Crippen LogP contribution in [0.15, 0.2) is 42.5 Å². The Hall–Kier alpha value is -2.62. The Morgan fingerprint density at radius 3 is 2.71 bits per heavy atom. The van der Waals surface area contributed by atoms with Crippen LogP contribution in [-0.2, 0) is 29.0 Å². The van der Waals surface area contributed by atoms with Gasteiger partial charge >= 0.3 is 0 Å². The number of rotatable bonds is 8. The summed E-state index contributed by atoms with van der Waals surface area (Å²) in [5.41, 5.74) is 5.28. The molecule has 1 N–H and O–H groups in total. The van der Waals surface area contributed by atoms with E-state index in [2.05, 4.69) is 24.4 Å². The number of carbonyl (C=O) groups excluding carboxylic acids is 2. The Morgan fingerprint density at radius 2 is 1.91 bits per heavy atom. The van der Waals surface area contributed by atoms with E-state index in [1.165, 1.54) is 23.1 Å². The van der Waals surface area contributed by atoms with E-state index in [4.69, 9.17) is 4.74 Å². The fourth-order valence-electron chi connectivity index (χ4n) is 7.29. The second-order valence-electron chi connectivity index (χ2n) is 11.2. The standard InChI is InChI=1S/C31H39NO3/c1-31-17-16-24-25(27(31)14-15-29(31)33)13-12-22-19-28(35-2)23(18-26(22)24)10-6-7-11-30(34)32-20-21-8-4-3-5-9-21/h3-5,8-9,18-19,24-25,27H,6-7,10-17,20H2,1-2H3,(H,32,34)/t24?,25?,27?,31-/m0/s1. The Balaban J connectivity index is 1.20. The largest absolute Gasteiger partial charge is 0.496 e. The van der Waals surface area contributed by atoms with Crippen LogP contribution in [0.3, 0.4) is 0 Å². The Bertz CT molecular complexity index is 1080. The molecule has 1 amide bonds. The van der Waals surface area contributed by atoms with E-state index in [9.17, 15) is 9.59 Å². The molecule has 0 aliphatic heterocycles. The lowest BCUT2D eigenvalue weighted by molar-refractivity contribution is -0.129. The van der Waals surface area contributed by atoms with E-state index < -0.39 is 0 Å². The molecule has 3 aliphatic carbocycles. The Morgan fingerprint density at radius 1 is 1.09 bits per heavy atom. The van der Waals surface area contributed by atoms with Gasteiger partial charge in [-0.25, -0.2) is 0 Å². The first kappa shape index (κ1) is 24.1. The number of hydrogen-bond donors (Lipinski definition) is 1. The zero-order chi connectivity index (χ0) is 24.4. The van der Waals surface area contributed by atoms with Gasteiger partial charge in [0, 0.05) is 24.8 Å². The van der Waals surface area contributed by atoms with Crippen LogP contribution in [0.5, 0.6) is 5.75 Å². The molecule has 2 fully saturated rings. The van der Waals surface area contributed by atoms with Crippen molar-refractivity contribution < 1.29 is 14.3 Å². The molecule has 5 rings (SSSR count). The average Bonchev–Trinajstić information content (AvgIpc) is 3.19. The number of aryl methyl sites for hydroxylation is 2. The second-order valence-corrected chi connectivity index (χ2v) is 11.2. The molecule has 0 heterocycles. The summed E-state index contributed by atoms with van der Waals surface area (Å²) in [7, 11) is 1.77.